The number of aromatic nitrogens is 2. The second-order valence-corrected chi connectivity index (χ2v) is 4.97. The lowest BCUT2D eigenvalue weighted by molar-refractivity contribution is 0.0933. The van der Waals surface area contributed by atoms with Crippen molar-refractivity contribution in [3.8, 4) is 0 Å². The number of nitrogens with one attached hydrogen (secondary N) is 2. The molecule has 1 atom stereocenters. The van der Waals surface area contributed by atoms with Crippen LogP contribution in [0.4, 0.5) is 4.39 Å². The number of halogens is 3. The van der Waals surface area contributed by atoms with Gasteiger partial charge in [-0.15, -0.1) is 0 Å². The lowest BCUT2D eigenvalue weighted by atomic mass is 10.1. The van der Waals surface area contributed by atoms with Gasteiger partial charge in [-0.1, -0.05) is 30.1 Å². The minimum absolute atomic E-state index is 0.0403. The fourth-order valence-electron chi connectivity index (χ4n) is 1.76. The summed E-state index contributed by atoms with van der Waals surface area (Å²) in [6, 6.07) is 1.93. The van der Waals surface area contributed by atoms with Crippen LogP contribution in [0.1, 0.15) is 35.6 Å². The number of amides is 1. The van der Waals surface area contributed by atoms with E-state index in [-0.39, 0.29) is 21.7 Å². The van der Waals surface area contributed by atoms with E-state index >= 15 is 0 Å². The van der Waals surface area contributed by atoms with Crippen LogP contribution in [0.3, 0.4) is 0 Å². The van der Waals surface area contributed by atoms with E-state index in [0.29, 0.717) is 12.2 Å². The molecule has 0 radical (unpaired) electrons. The van der Waals surface area contributed by atoms with E-state index in [1.165, 1.54) is 6.07 Å². The maximum absolute atomic E-state index is 13.4. The van der Waals surface area contributed by atoms with Crippen LogP contribution < -0.4 is 5.32 Å². The second kappa shape index (κ2) is 6.24. The van der Waals surface area contributed by atoms with E-state index in [9.17, 15) is 9.18 Å². The zero-order valence-electron chi connectivity index (χ0n) is 10.6. The van der Waals surface area contributed by atoms with Gasteiger partial charge in [0.25, 0.3) is 5.91 Å². The fraction of sp³-hybridized carbons (Fsp3) is 0.231. The molecule has 1 heterocycles. The van der Waals surface area contributed by atoms with Crippen molar-refractivity contribution >= 4 is 29.1 Å². The highest BCUT2D eigenvalue weighted by atomic mass is 35.5. The summed E-state index contributed by atoms with van der Waals surface area (Å²) in [5, 5.41) is 2.73. The molecular weight excluding hydrogens is 304 g/mol. The number of H-pyrrole nitrogens is 1. The first kappa shape index (κ1) is 14.8. The number of nitrogens with zero attached hydrogens (tertiary/aromatic N) is 1. The van der Waals surface area contributed by atoms with Crippen molar-refractivity contribution in [3.63, 3.8) is 0 Å². The minimum Gasteiger partial charge on any atom is -0.347 e. The Kier molecular flexibility index (Phi) is 4.62. The van der Waals surface area contributed by atoms with Crippen LogP contribution in [-0.2, 0) is 0 Å². The average Bonchev–Trinajstić information content (AvgIpc) is 2.93. The van der Waals surface area contributed by atoms with Crippen molar-refractivity contribution in [2.24, 2.45) is 0 Å². The summed E-state index contributed by atoms with van der Waals surface area (Å²) >= 11 is 11.5. The predicted octanol–water partition coefficient (Wildman–Crippen LogP) is 3.74. The van der Waals surface area contributed by atoms with Crippen molar-refractivity contribution < 1.29 is 9.18 Å². The molecule has 0 spiro atoms. The minimum atomic E-state index is -0.688. The van der Waals surface area contributed by atoms with Gasteiger partial charge >= 0.3 is 0 Å². The number of imidazole rings is 1. The van der Waals surface area contributed by atoms with Gasteiger partial charge < -0.3 is 10.3 Å². The molecule has 4 nitrogen and oxygen atoms in total. The highest BCUT2D eigenvalue weighted by Gasteiger charge is 2.19. The number of benzene rings is 1. The largest absolute Gasteiger partial charge is 0.347 e. The van der Waals surface area contributed by atoms with Gasteiger partial charge in [0, 0.05) is 12.4 Å². The summed E-state index contributed by atoms with van der Waals surface area (Å²) in [7, 11) is 0. The molecule has 1 amide bonds. The smallest absolute Gasteiger partial charge is 0.253 e. The molecule has 0 aliphatic rings. The number of aromatic amines is 1. The van der Waals surface area contributed by atoms with Crippen molar-refractivity contribution in [1.29, 1.82) is 0 Å². The van der Waals surface area contributed by atoms with Gasteiger partial charge in [-0.3, -0.25) is 4.79 Å². The Balaban J connectivity index is 2.21. The number of rotatable bonds is 4. The Bertz CT molecular complexity index is 616. The standard InChI is InChI=1S/C13H12Cl2FN3O/c1-2-11(12-17-3-4-18-12)19-13(20)7-5-10(16)9(15)6-8(7)14/h3-6,11H,2H2,1H3,(H,17,18)(H,19,20). The number of carbonyl (C=O) groups is 1. The summed E-state index contributed by atoms with van der Waals surface area (Å²) in [4.78, 5) is 19.2. The van der Waals surface area contributed by atoms with Gasteiger partial charge in [-0.05, 0) is 18.6 Å². The Morgan fingerprint density at radius 2 is 2.20 bits per heavy atom. The first-order valence-corrected chi connectivity index (χ1v) is 6.73. The molecule has 106 valence electrons. The maximum Gasteiger partial charge on any atom is 0.253 e. The maximum atomic E-state index is 13.4. The van der Waals surface area contributed by atoms with Crippen LogP contribution >= 0.6 is 23.2 Å². The van der Waals surface area contributed by atoms with E-state index < -0.39 is 11.7 Å². The van der Waals surface area contributed by atoms with Crippen LogP contribution in [0.15, 0.2) is 24.5 Å². The van der Waals surface area contributed by atoms with Crippen LogP contribution in [-0.4, -0.2) is 15.9 Å². The van der Waals surface area contributed by atoms with Gasteiger partial charge in [0.05, 0.1) is 21.7 Å². The third kappa shape index (κ3) is 3.11. The van der Waals surface area contributed by atoms with Gasteiger partial charge in [0.2, 0.25) is 0 Å². The third-order valence-corrected chi connectivity index (χ3v) is 3.42. The van der Waals surface area contributed by atoms with Crippen molar-refractivity contribution in [2.45, 2.75) is 19.4 Å². The Hall–Kier alpha value is -1.59. The normalized spacial score (nSPS) is 12.2. The monoisotopic (exact) mass is 315 g/mol. The average molecular weight is 316 g/mol. The summed E-state index contributed by atoms with van der Waals surface area (Å²) in [6.45, 7) is 1.90. The number of hydrogen-bond donors (Lipinski definition) is 2. The van der Waals surface area contributed by atoms with E-state index in [4.69, 9.17) is 23.2 Å². The molecule has 0 aliphatic heterocycles. The first-order valence-electron chi connectivity index (χ1n) is 5.97. The molecule has 0 fully saturated rings. The van der Waals surface area contributed by atoms with E-state index in [0.717, 1.165) is 6.07 Å². The molecule has 7 heteroatoms. The molecule has 2 aromatic rings. The molecule has 2 N–H and O–H groups in total. The molecule has 1 aromatic heterocycles. The second-order valence-electron chi connectivity index (χ2n) is 4.15. The van der Waals surface area contributed by atoms with Gasteiger partial charge in [0.1, 0.15) is 11.6 Å². The number of carbonyl (C=O) groups excluding carboxylic acids is 1. The quantitative estimate of drug-likeness (QED) is 0.844. The van der Waals surface area contributed by atoms with Gasteiger partial charge in [-0.25, -0.2) is 9.37 Å². The molecule has 0 aliphatic carbocycles. The summed E-state index contributed by atoms with van der Waals surface area (Å²) in [5.41, 5.74) is 0.0403. The highest BCUT2D eigenvalue weighted by molar-refractivity contribution is 6.36. The zero-order chi connectivity index (χ0) is 14.7. The van der Waals surface area contributed by atoms with Crippen LogP contribution in [0.5, 0.6) is 0 Å². The lowest BCUT2D eigenvalue weighted by Gasteiger charge is -2.15. The summed E-state index contributed by atoms with van der Waals surface area (Å²) in [5.74, 6) is -0.535. The Labute approximate surface area is 125 Å². The van der Waals surface area contributed by atoms with Crippen LogP contribution in [0.25, 0.3) is 0 Å². The van der Waals surface area contributed by atoms with E-state index in [1.54, 1.807) is 12.4 Å². The van der Waals surface area contributed by atoms with Gasteiger partial charge in [-0.2, -0.15) is 0 Å². The van der Waals surface area contributed by atoms with Crippen LogP contribution in [0.2, 0.25) is 10.0 Å². The molecule has 2 rings (SSSR count). The molecular formula is C13H12Cl2FN3O. The topological polar surface area (TPSA) is 57.8 Å². The molecule has 0 bridgehead atoms. The molecule has 0 saturated carbocycles. The van der Waals surface area contributed by atoms with E-state index in [2.05, 4.69) is 15.3 Å². The van der Waals surface area contributed by atoms with Crippen LogP contribution in [0, 0.1) is 5.82 Å². The Morgan fingerprint density at radius 1 is 1.45 bits per heavy atom. The van der Waals surface area contributed by atoms with E-state index in [1.807, 2.05) is 6.92 Å². The summed E-state index contributed by atoms with van der Waals surface area (Å²) in [6.07, 6.45) is 3.89. The molecule has 1 unspecified atom stereocenters. The predicted molar refractivity (Wildman–Crippen MR) is 75.5 cm³/mol. The lowest BCUT2D eigenvalue weighted by Crippen LogP contribution is -2.29. The van der Waals surface area contributed by atoms with Crippen molar-refractivity contribution in [2.75, 3.05) is 0 Å². The van der Waals surface area contributed by atoms with Crippen molar-refractivity contribution in [1.82, 2.24) is 15.3 Å². The number of hydrogen-bond acceptors (Lipinski definition) is 2. The zero-order valence-corrected chi connectivity index (χ0v) is 12.1. The fourth-order valence-corrected chi connectivity index (χ4v) is 2.23. The highest BCUT2D eigenvalue weighted by Crippen LogP contribution is 2.25. The SMILES string of the molecule is CCC(NC(=O)c1cc(F)c(Cl)cc1Cl)c1ncc[nH]1. The molecule has 0 saturated heterocycles. The Morgan fingerprint density at radius 3 is 2.80 bits per heavy atom. The molecule has 20 heavy (non-hydrogen) atoms. The third-order valence-electron chi connectivity index (χ3n) is 2.82. The molecule has 1 aromatic carbocycles. The van der Waals surface area contributed by atoms with Crippen molar-refractivity contribution in [3.05, 3.63) is 51.8 Å². The summed E-state index contributed by atoms with van der Waals surface area (Å²) < 4.78 is 13.4. The first-order chi connectivity index (χ1) is 9.52. The van der Waals surface area contributed by atoms with Gasteiger partial charge in [0.15, 0.2) is 0 Å².